The molecule has 1 saturated heterocycles. The van der Waals surface area contributed by atoms with Gasteiger partial charge < -0.3 is 15.0 Å². The van der Waals surface area contributed by atoms with Crippen LogP contribution in [0.4, 0.5) is 0 Å². The molecular formula is C9H20N2O. The van der Waals surface area contributed by atoms with Crippen molar-refractivity contribution in [2.75, 3.05) is 40.4 Å². The predicted molar refractivity (Wildman–Crippen MR) is 50.4 cm³/mol. The van der Waals surface area contributed by atoms with Crippen LogP contribution in [-0.4, -0.2) is 51.3 Å². The summed E-state index contributed by atoms with van der Waals surface area (Å²) in [4.78, 5) is 2.44. The summed E-state index contributed by atoms with van der Waals surface area (Å²) in [6.45, 7) is 4.35. The molecule has 0 aromatic rings. The average Bonchev–Trinajstić information content (AvgIpc) is 2.09. The lowest BCUT2D eigenvalue weighted by atomic mass is 10.1. The highest BCUT2D eigenvalue weighted by atomic mass is 16.5. The van der Waals surface area contributed by atoms with E-state index in [0.29, 0.717) is 6.04 Å². The predicted octanol–water partition coefficient (Wildman–Crippen LogP) is 0.317. The molecule has 1 N–H and O–H groups in total. The zero-order chi connectivity index (χ0) is 8.81. The minimum atomic E-state index is 0.717. The lowest BCUT2D eigenvalue weighted by molar-refractivity contribution is 0.154. The molecule has 0 amide bonds. The number of hydrogen-bond donors (Lipinski definition) is 1. The van der Waals surface area contributed by atoms with E-state index in [-0.39, 0.29) is 0 Å². The van der Waals surface area contributed by atoms with Gasteiger partial charge in [0.05, 0.1) is 0 Å². The number of hydrogen-bond acceptors (Lipinski definition) is 3. The van der Waals surface area contributed by atoms with Crippen LogP contribution in [0.25, 0.3) is 0 Å². The van der Waals surface area contributed by atoms with E-state index in [1.54, 1.807) is 7.11 Å². The second-order valence-electron chi connectivity index (χ2n) is 3.47. The minimum absolute atomic E-state index is 0.717. The number of ether oxygens (including phenoxy) is 1. The average molecular weight is 172 g/mol. The van der Waals surface area contributed by atoms with Crippen LogP contribution in [0.1, 0.15) is 12.8 Å². The number of nitrogens with one attached hydrogen (secondary N) is 1. The zero-order valence-corrected chi connectivity index (χ0v) is 8.18. The van der Waals surface area contributed by atoms with Gasteiger partial charge in [0.2, 0.25) is 0 Å². The van der Waals surface area contributed by atoms with Crippen molar-refractivity contribution < 1.29 is 4.74 Å². The van der Waals surface area contributed by atoms with E-state index in [0.717, 1.165) is 19.7 Å². The fraction of sp³-hybridized carbons (Fsp3) is 1.00. The molecule has 1 unspecified atom stereocenters. The lowest BCUT2D eigenvalue weighted by Gasteiger charge is -2.33. The molecule has 0 bridgehead atoms. The summed E-state index contributed by atoms with van der Waals surface area (Å²) in [6, 6.07) is 0.717. The maximum absolute atomic E-state index is 5.03. The van der Waals surface area contributed by atoms with Gasteiger partial charge in [0.25, 0.3) is 0 Å². The smallest absolute Gasteiger partial charge is 0.0462 e. The summed E-state index contributed by atoms with van der Waals surface area (Å²) < 4.78 is 5.03. The SMILES string of the molecule is COCCCC1CNCCN1C. The normalized spacial score (nSPS) is 26.0. The highest BCUT2D eigenvalue weighted by molar-refractivity contribution is 4.76. The maximum Gasteiger partial charge on any atom is 0.0462 e. The molecule has 3 nitrogen and oxygen atoms in total. The van der Waals surface area contributed by atoms with Gasteiger partial charge in [-0.15, -0.1) is 0 Å². The molecule has 0 radical (unpaired) electrons. The maximum atomic E-state index is 5.03. The topological polar surface area (TPSA) is 24.5 Å². The van der Waals surface area contributed by atoms with Gasteiger partial charge >= 0.3 is 0 Å². The van der Waals surface area contributed by atoms with Gasteiger partial charge in [0, 0.05) is 39.4 Å². The molecule has 1 aliphatic heterocycles. The van der Waals surface area contributed by atoms with E-state index < -0.39 is 0 Å². The molecule has 1 atom stereocenters. The molecule has 1 fully saturated rings. The van der Waals surface area contributed by atoms with Gasteiger partial charge in [0.15, 0.2) is 0 Å². The molecule has 0 spiro atoms. The van der Waals surface area contributed by atoms with E-state index in [2.05, 4.69) is 17.3 Å². The van der Waals surface area contributed by atoms with Crippen molar-refractivity contribution in [3.63, 3.8) is 0 Å². The summed E-state index contributed by atoms with van der Waals surface area (Å²) in [5.74, 6) is 0. The van der Waals surface area contributed by atoms with E-state index in [9.17, 15) is 0 Å². The van der Waals surface area contributed by atoms with Crippen molar-refractivity contribution in [1.29, 1.82) is 0 Å². The lowest BCUT2D eigenvalue weighted by Crippen LogP contribution is -2.49. The standard InChI is InChI=1S/C9H20N2O/c1-11-6-5-10-8-9(11)4-3-7-12-2/h9-10H,3-8H2,1-2H3. The molecule has 3 heteroatoms. The van der Waals surface area contributed by atoms with Gasteiger partial charge in [0.1, 0.15) is 0 Å². The van der Waals surface area contributed by atoms with Gasteiger partial charge in [-0.3, -0.25) is 0 Å². The Balaban J connectivity index is 2.11. The van der Waals surface area contributed by atoms with Crippen molar-refractivity contribution in [1.82, 2.24) is 10.2 Å². The highest BCUT2D eigenvalue weighted by Gasteiger charge is 2.17. The van der Waals surface area contributed by atoms with Crippen LogP contribution in [0.5, 0.6) is 0 Å². The zero-order valence-electron chi connectivity index (χ0n) is 8.18. The number of nitrogens with zero attached hydrogens (tertiary/aromatic N) is 1. The van der Waals surface area contributed by atoms with Crippen LogP contribution in [0.2, 0.25) is 0 Å². The van der Waals surface area contributed by atoms with E-state index in [4.69, 9.17) is 4.74 Å². The molecule has 0 aromatic carbocycles. The third kappa shape index (κ3) is 3.09. The van der Waals surface area contributed by atoms with E-state index >= 15 is 0 Å². The van der Waals surface area contributed by atoms with Crippen molar-refractivity contribution >= 4 is 0 Å². The molecule has 0 aromatic heterocycles. The first-order valence-corrected chi connectivity index (χ1v) is 4.74. The van der Waals surface area contributed by atoms with Crippen LogP contribution in [0, 0.1) is 0 Å². The van der Waals surface area contributed by atoms with Crippen LogP contribution >= 0.6 is 0 Å². The summed E-state index contributed by atoms with van der Waals surface area (Å²) in [7, 11) is 3.97. The first-order valence-electron chi connectivity index (χ1n) is 4.74. The van der Waals surface area contributed by atoms with Crippen molar-refractivity contribution in [2.45, 2.75) is 18.9 Å². The Morgan fingerprint density at radius 1 is 1.58 bits per heavy atom. The molecular weight excluding hydrogens is 152 g/mol. The van der Waals surface area contributed by atoms with Gasteiger partial charge in [-0.25, -0.2) is 0 Å². The van der Waals surface area contributed by atoms with Crippen LogP contribution < -0.4 is 5.32 Å². The molecule has 72 valence electrons. The summed E-state index contributed by atoms with van der Waals surface area (Å²) in [5.41, 5.74) is 0. The highest BCUT2D eigenvalue weighted by Crippen LogP contribution is 2.06. The van der Waals surface area contributed by atoms with Crippen LogP contribution in [0.3, 0.4) is 0 Å². The Kier molecular flexibility index (Phi) is 4.58. The first kappa shape index (κ1) is 9.96. The largest absolute Gasteiger partial charge is 0.385 e. The summed E-state index contributed by atoms with van der Waals surface area (Å²) in [6.07, 6.45) is 2.42. The van der Waals surface area contributed by atoms with Gasteiger partial charge in [-0.05, 0) is 19.9 Å². The number of likely N-dealkylation sites (N-methyl/N-ethyl adjacent to an activating group) is 1. The molecule has 0 saturated carbocycles. The van der Waals surface area contributed by atoms with E-state index in [1.807, 2.05) is 0 Å². The van der Waals surface area contributed by atoms with Gasteiger partial charge in [-0.1, -0.05) is 0 Å². The third-order valence-corrected chi connectivity index (χ3v) is 2.53. The Morgan fingerprint density at radius 2 is 2.42 bits per heavy atom. The molecule has 0 aliphatic carbocycles. The Hall–Kier alpha value is -0.120. The Labute approximate surface area is 75.1 Å². The second kappa shape index (κ2) is 5.51. The minimum Gasteiger partial charge on any atom is -0.385 e. The monoisotopic (exact) mass is 172 g/mol. The van der Waals surface area contributed by atoms with E-state index in [1.165, 1.54) is 19.4 Å². The summed E-state index contributed by atoms with van der Waals surface area (Å²) in [5, 5.41) is 3.41. The molecule has 1 aliphatic rings. The fourth-order valence-electron chi connectivity index (χ4n) is 1.65. The number of rotatable bonds is 4. The van der Waals surface area contributed by atoms with Gasteiger partial charge in [-0.2, -0.15) is 0 Å². The van der Waals surface area contributed by atoms with Crippen LogP contribution in [-0.2, 0) is 4.74 Å². The number of methoxy groups -OCH3 is 1. The van der Waals surface area contributed by atoms with Crippen LogP contribution in [0.15, 0.2) is 0 Å². The second-order valence-corrected chi connectivity index (χ2v) is 3.47. The molecule has 12 heavy (non-hydrogen) atoms. The fourth-order valence-corrected chi connectivity index (χ4v) is 1.65. The van der Waals surface area contributed by atoms with Crippen molar-refractivity contribution in [3.05, 3.63) is 0 Å². The Bertz CT molecular complexity index is 119. The third-order valence-electron chi connectivity index (χ3n) is 2.53. The number of piperazine rings is 1. The quantitative estimate of drug-likeness (QED) is 0.618. The first-order chi connectivity index (χ1) is 5.84. The van der Waals surface area contributed by atoms with Crippen molar-refractivity contribution in [2.24, 2.45) is 0 Å². The summed E-state index contributed by atoms with van der Waals surface area (Å²) >= 11 is 0. The molecule has 1 heterocycles. The van der Waals surface area contributed by atoms with Crippen molar-refractivity contribution in [3.8, 4) is 0 Å². The Morgan fingerprint density at radius 3 is 3.08 bits per heavy atom. The molecule has 1 rings (SSSR count).